The van der Waals surface area contributed by atoms with Crippen molar-refractivity contribution in [1.29, 1.82) is 0 Å². The minimum atomic E-state index is -0.717. The van der Waals surface area contributed by atoms with E-state index in [-0.39, 0.29) is 0 Å². The smallest absolute Gasteiger partial charge is 0.314 e. The summed E-state index contributed by atoms with van der Waals surface area (Å²) in [6.45, 7) is 2.08. The van der Waals surface area contributed by atoms with Crippen molar-refractivity contribution in [1.82, 2.24) is 0 Å². The van der Waals surface area contributed by atoms with E-state index in [0.29, 0.717) is 11.6 Å². The number of carboxylic acids is 1. The average Bonchev–Trinajstić information content (AvgIpc) is 2.13. The van der Waals surface area contributed by atoms with Gasteiger partial charge in [-0.25, -0.2) is 0 Å². The first-order valence-corrected chi connectivity index (χ1v) is 5.14. The van der Waals surface area contributed by atoms with Crippen LogP contribution in [0.25, 0.3) is 0 Å². The molecule has 0 radical (unpaired) electrons. The van der Waals surface area contributed by atoms with Gasteiger partial charge < -0.3 is 10.8 Å². The fraction of sp³-hybridized carbons (Fsp3) is 0.417. The van der Waals surface area contributed by atoms with E-state index in [2.05, 4.69) is 6.92 Å². The highest BCUT2D eigenvalue weighted by molar-refractivity contribution is 5.83. The molecular formula is C12H15NO2. The molecule has 0 atom stereocenters. The molecular weight excluding hydrogens is 190 g/mol. The number of hydrogen-bond acceptors (Lipinski definition) is 2. The van der Waals surface area contributed by atoms with Crippen molar-refractivity contribution in [3.05, 3.63) is 29.8 Å². The third-order valence-corrected chi connectivity index (χ3v) is 3.27. The van der Waals surface area contributed by atoms with E-state index in [9.17, 15) is 9.90 Å². The maximum atomic E-state index is 11.3. The summed E-state index contributed by atoms with van der Waals surface area (Å²) in [5, 5.41) is 9.29. The fourth-order valence-corrected chi connectivity index (χ4v) is 2.47. The highest BCUT2D eigenvalue weighted by atomic mass is 16.4. The monoisotopic (exact) mass is 205 g/mol. The molecule has 1 fully saturated rings. The van der Waals surface area contributed by atoms with Crippen molar-refractivity contribution in [2.24, 2.45) is 5.92 Å². The number of carboxylic acid groups (broad SMARTS) is 1. The van der Waals surface area contributed by atoms with Crippen LogP contribution in [0.15, 0.2) is 24.3 Å². The van der Waals surface area contributed by atoms with E-state index in [1.54, 1.807) is 12.1 Å². The Morgan fingerprint density at radius 3 is 2.33 bits per heavy atom. The summed E-state index contributed by atoms with van der Waals surface area (Å²) in [4.78, 5) is 11.3. The molecule has 3 heteroatoms. The van der Waals surface area contributed by atoms with E-state index < -0.39 is 11.4 Å². The Morgan fingerprint density at radius 1 is 1.40 bits per heavy atom. The number of hydrogen-bond donors (Lipinski definition) is 2. The first-order chi connectivity index (χ1) is 7.04. The number of aliphatic carboxylic acids is 1. The maximum absolute atomic E-state index is 11.3. The third-order valence-electron chi connectivity index (χ3n) is 3.27. The molecule has 0 unspecified atom stereocenters. The molecule has 15 heavy (non-hydrogen) atoms. The molecule has 1 aromatic carbocycles. The molecule has 0 aromatic heterocycles. The fourth-order valence-electron chi connectivity index (χ4n) is 2.47. The van der Waals surface area contributed by atoms with Gasteiger partial charge in [0.1, 0.15) is 0 Å². The minimum absolute atomic E-state index is 0.499. The van der Waals surface area contributed by atoms with Crippen LogP contribution in [0, 0.1) is 5.92 Å². The van der Waals surface area contributed by atoms with Crippen molar-refractivity contribution < 1.29 is 9.90 Å². The molecule has 0 bridgehead atoms. The van der Waals surface area contributed by atoms with Crippen molar-refractivity contribution >= 4 is 11.7 Å². The van der Waals surface area contributed by atoms with Crippen LogP contribution in [0.4, 0.5) is 5.69 Å². The largest absolute Gasteiger partial charge is 0.481 e. The first kappa shape index (κ1) is 10.0. The molecule has 0 spiro atoms. The summed E-state index contributed by atoms with van der Waals surface area (Å²) in [7, 11) is 0. The molecule has 0 saturated heterocycles. The summed E-state index contributed by atoms with van der Waals surface area (Å²) >= 11 is 0. The lowest BCUT2D eigenvalue weighted by Gasteiger charge is -2.43. The van der Waals surface area contributed by atoms with Crippen LogP contribution in [-0.4, -0.2) is 11.1 Å². The van der Waals surface area contributed by atoms with Crippen molar-refractivity contribution in [2.45, 2.75) is 25.2 Å². The van der Waals surface area contributed by atoms with Crippen LogP contribution in [0.3, 0.4) is 0 Å². The van der Waals surface area contributed by atoms with Crippen molar-refractivity contribution in [3.8, 4) is 0 Å². The van der Waals surface area contributed by atoms with Gasteiger partial charge in [0, 0.05) is 5.69 Å². The second kappa shape index (κ2) is 3.26. The first-order valence-electron chi connectivity index (χ1n) is 5.14. The maximum Gasteiger partial charge on any atom is 0.314 e. The summed E-state index contributed by atoms with van der Waals surface area (Å²) in [5.41, 5.74) is 6.48. The van der Waals surface area contributed by atoms with E-state index in [1.807, 2.05) is 12.1 Å². The number of anilines is 1. The van der Waals surface area contributed by atoms with E-state index in [1.165, 1.54) is 0 Å². The Hall–Kier alpha value is -1.51. The predicted octanol–water partition coefficient (Wildman–Crippen LogP) is 2.02. The molecule has 80 valence electrons. The molecule has 0 amide bonds. The molecule has 1 saturated carbocycles. The van der Waals surface area contributed by atoms with E-state index in [0.717, 1.165) is 18.4 Å². The molecule has 1 aromatic rings. The number of nitrogens with two attached hydrogens (primary N) is 1. The quantitative estimate of drug-likeness (QED) is 0.726. The van der Waals surface area contributed by atoms with E-state index >= 15 is 0 Å². The minimum Gasteiger partial charge on any atom is -0.481 e. The Labute approximate surface area is 88.9 Å². The number of carbonyl (C=O) groups is 1. The summed E-state index contributed by atoms with van der Waals surface area (Å²) in [5.74, 6) is -0.218. The molecule has 1 aliphatic rings. The molecule has 2 rings (SSSR count). The van der Waals surface area contributed by atoms with Crippen LogP contribution in [0.1, 0.15) is 25.3 Å². The zero-order valence-corrected chi connectivity index (χ0v) is 8.73. The van der Waals surface area contributed by atoms with Gasteiger partial charge in [0.2, 0.25) is 0 Å². The lowest BCUT2D eigenvalue weighted by Crippen LogP contribution is -2.46. The van der Waals surface area contributed by atoms with Crippen LogP contribution in [-0.2, 0) is 10.2 Å². The van der Waals surface area contributed by atoms with Crippen LogP contribution < -0.4 is 5.73 Å². The summed E-state index contributed by atoms with van der Waals surface area (Å²) < 4.78 is 0. The Bertz CT molecular complexity index is 377. The van der Waals surface area contributed by atoms with Gasteiger partial charge in [0.05, 0.1) is 5.41 Å². The highest BCUT2D eigenvalue weighted by Gasteiger charge is 2.49. The normalized spacial score (nSPS) is 29.5. The Balaban J connectivity index is 2.34. The van der Waals surface area contributed by atoms with Gasteiger partial charge in [-0.2, -0.15) is 0 Å². The summed E-state index contributed by atoms with van der Waals surface area (Å²) in [6.07, 6.45) is 1.46. The van der Waals surface area contributed by atoms with Gasteiger partial charge in [-0.05, 0) is 36.5 Å². The molecule has 0 aliphatic heterocycles. The van der Waals surface area contributed by atoms with Crippen molar-refractivity contribution in [2.75, 3.05) is 5.73 Å². The topological polar surface area (TPSA) is 63.3 Å². The third kappa shape index (κ3) is 1.48. The zero-order chi connectivity index (χ0) is 11.1. The molecule has 0 heterocycles. The van der Waals surface area contributed by atoms with Gasteiger partial charge in [-0.3, -0.25) is 4.79 Å². The second-order valence-corrected chi connectivity index (χ2v) is 4.52. The van der Waals surface area contributed by atoms with Gasteiger partial charge in [0.25, 0.3) is 0 Å². The average molecular weight is 205 g/mol. The number of nitrogen functional groups attached to an aromatic ring is 1. The van der Waals surface area contributed by atoms with Gasteiger partial charge in [0.15, 0.2) is 0 Å². The van der Waals surface area contributed by atoms with Gasteiger partial charge in [-0.1, -0.05) is 19.1 Å². The van der Waals surface area contributed by atoms with Crippen molar-refractivity contribution in [3.63, 3.8) is 0 Å². The van der Waals surface area contributed by atoms with E-state index in [4.69, 9.17) is 5.73 Å². The van der Waals surface area contributed by atoms with Crippen LogP contribution in [0.2, 0.25) is 0 Å². The number of benzene rings is 1. The predicted molar refractivity (Wildman–Crippen MR) is 58.6 cm³/mol. The number of rotatable bonds is 2. The second-order valence-electron chi connectivity index (χ2n) is 4.52. The molecule has 3 N–H and O–H groups in total. The standard InChI is InChI=1S/C12H15NO2/c1-8-6-12(7-8,11(14)15)9-2-4-10(13)5-3-9/h2-5,8H,6-7,13H2,1H3,(H,14,15). The van der Waals surface area contributed by atoms with Gasteiger partial charge in [-0.15, -0.1) is 0 Å². The highest BCUT2D eigenvalue weighted by Crippen LogP contribution is 2.47. The lowest BCUT2D eigenvalue weighted by molar-refractivity contribution is -0.149. The van der Waals surface area contributed by atoms with Crippen LogP contribution >= 0.6 is 0 Å². The SMILES string of the molecule is CC1CC(C(=O)O)(c2ccc(N)cc2)C1. The zero-order valence-electron chi connectivity index (χ0n) is 8.73. The molecule has 3 nitrogen and oxygen atoms in total. The molecule has 1 aliphatic carbocycles. The van der Waals surface area contributed by atoms with Gasteiger partial charge >= 0.3 is 5.97 Å². The Kier molecular flexibility index (Phi) is 2.18. The Morgan fingerprint density at radius 2 is 1.93 bits per heavy atom. The van der Waals surface area contributed by atoms with Crippen LogP contribution in [0.5, 0.6) is 0 Å². The summed E-state index contributed by atoms with van der Waals surface area (Å²) in [6, 6.07) is 7.19. The lowest BCUT2D eigenvalue weighted by atomic mass is 9.59.